The van der Waals surface area contributed by atoms with Gasteiger partial charge in [0.05, 0.1) is 7.11 Å². The topological polar surface area (TPSA) is 35.2 Å². The highest BCUT2D eigenvalue weighted by Gasteiger charge is 2.08. The standard InChI is InChI=1S/C12H14FNO/c1-3-4-5-11(14)9-6-7-10(13)12(8-9)15-2/h6-8,11H,5,14H2,1-2H3. The van der Waals surface area contributed by atoms with Gasteiger partial charge in [0.1, 0.15) is 0 Å². The molecule has 1 aromatic carbocycles. The first-order valence-electron chi connectivity index (χ1n) is 4.67. The van der Waals surface area contributed by atoms with Crippen LogP contribution in [0.3, 0.4) is 0 Å². The molecule has 0 bridgehead atoms. The first-order chi connectivity index (χ1) is 7.19. The summed E-state index contributed by atoms with van der Waals surface area (Å²) in [6.45, 7) is 1.76. The number of hydrogen-bond donors (Lipinski definition) is 1. The molecule has 0 fully saturated rings. The Hall–Kier alpha value is -1.53. The van der Waals surface area contributed by atoms with Crippen molar-refractivity contribution in [3.8, 4) is 17.6 Å². The van der Waals surface area contributed by atoms with Crippen LogP contribution in [0.15, 0.2) is 18.2 Å². The monoisotopic (exact) mass is 207 g/mol. The zero-order valence-electron chi connectivity index (χ0n) is 8.88. The molecule has 0 aliphatic carbocycles. The van der Waals surface area contributed by atoms with Gasteiger partial charge in [-0.1, -0.05) is 6.07 Å². The van der Waals surface area contributed by atoms with Crippen LogP contribution in [0.25, 0.3) is 0 Å². The van der Waals surface area contributed by atoms with Crippen molar-refractivity contribution in [3.05, 3.63) is 29.6 Å². The van der Waals surface area contributed by atoms with Gasteiger partial charge in [-0.15, -0.1) is 11.8 Å². The minimum Gasteiger partial charge on any atom is -0.494 e. The smallest absolute Gasteiger partial charge is 0.165 e. The van der Waals surface area contributed by atoms with E-state index in [0.29, 0.717) is 6.42 Å². The van der Waals surface area contributed by atoms with Crippen LogP contribution in [-0.4, -0.2) is 7.11 Å². The quantitative estimate of drug-likeness (QED) is 0.771. The highest BCUT2D eigenvalue weighted by Crippen LogP contribution is 2.22. The summed E-state index contributed by atoms with van der Waals surface area (Å²) in [6.07, 6.45) is 0.561. The van der Waals surface area contributed by atoms with Crippen molar-refractivity contribution in [2.45, 2.75) is 19.4 Å². The summed E-state index contributed by atoms with van der Waals surface area (Å²) < 4.78 is 18.0. The average molecular weight is 207 g/mol. The van der Waals surface area contributed by atoms with Crippen molar-refractivity contribution < 1.29 is 9.13 Å². The molecular weight excluding hydrogens is 193 g/mol. The fourth-order valence-corrected chi connectivity index (χ4v) is 1.24. The lowest BCUT2D eigenvalue weighted by atomic mass is 10.0. The summed E-state index contributed by atoms with van der Waals surface area (Å²) in [7, 11) is 1.43. The molecule has 1 aromatic rings. The Morgan fingerprint density at radius 2 is 2.27 bits per heavy atom. The second-order valence-corrected chi connectivity index (χ2v) is 3.13. The Morgan fingerprint density at radius 3 is 2.87 bits per heavy atom. The van der Waals surface area contributed by atoms with Gasteiger partial charge in [-0.3, -0.25) is 0 Å². The molecule has 0 spiro atoms. The molecule has 0 heterocycles. The maximum Gasteiger partial charge on any atom is 0.165 e. The van der Waals surface area contributed by atoms with Crippen LogP contribution >= 0.6 is 0 Å². The number of ether oxygens (including phenoxy) is 1. The average Bonchev–Trinajstić information content (AvgIpc) is 2.26. The molecule has 80 valence electrons. The van der Waals surface area contributed by atoms with Crippen LogP contribution in [0.2, 0.25) is 0 Å². The number of hydrogen-bond acceptors (Lipinski definition) is 2. The third-order valence-corrected chi connectivity index (χ3v) is 2.10. The largest absolute Gasteiger partial charge is 0.494 e. The second kappa shape index (κ2) is 5.38. The lowest BCUT2D eigenvalue weighted by molar-refractivity contribution is 0.385. The highest BCUT2D eigenvalue weighted by atomic mass is 19.1. The maximum absolute atomic E-state index is 13.1. The van der Waals surface area contributed by atoms with Crippen molar-refractivity contribution in [1.29, 1.82) is 0 Å². The van der Waals surface area contributed by atoms with Gasteiger partial charge in [0.25, 0.3) is 0 Å². The van der Waals surface area contributed by atoms with E-state index in [9.17, 15) is 4.39 Å². The SMILES string of the molecule is CC#CCC(N)c1ccc(F)c(OC)c1. The Bertz CT molecular complexity index is 392. The fourth-order valence-electron chi connectivity index (χ4n) is 1.24. The lowest BCUT2D eigenvalue weighted by Crippen LogP contribution is -2.09. The predicted octanol–water partition coefficient (Wildman–Crippen LogP) is 2.25. The van der Waals surface area contributed by atoms with Gasteiger partial charge in [-0.25, -0.2) is 4.39 Å². The zero-order valence-corrected chi connectivity index (χ0v) is 8.88. The van der Waals surface area contributed by atoms with Crippen molar-refractivity contribution in [1.82, 2.24) is 0 Å². The molecule has 0 amide bonds. The van der Waals surface area contributed by atoms with Crippen LogP contribution in [0.1, 0.15) is 24.9 Å². The molecule has 0 saturated carbocycles. The van der Waals surface area contributed by atoms with Gasteiger partial charge in [-0.05, 0) is 24.6 Å². The number of rotatable bonds is 3. The van der Waals surface area contributed by atoms with Crippen molar-refractivity contribution in [3.63, 3.8) is 0 Å². The molecule has 2 nitrogen and oxygen atoms in total. The summed E-state index contributed by atoms with van der Waals surface area (Å²) in [5, 5.41) is 0. The van der Waals surface area contributed by atoms with Crippen LogP contribution in [-0.2, 0) is 0 Å². The van der Waals surface area contributed by atoms with Gasteiger partial charge >= 0.3 is 0 Å². The van der Waals surface area contributed by atoms with Crippen LogP contribution < -0.4 is 10.5 Å². The summed E-state index contributed by atoms with van der Waals surface area (Å²) in [5.74, 6) is 5.50. The van der Waals surface area contributed by atoms with Crippen LogP contribution in [0.5, 0.6) is 5.75 Å². The molecule has 0 saturated heterocycles. The summed E-state index contributed by atoms with van der Waals surface area (Å²) in [6, 6.07) is 4.41. The van der Waals surface area contributed by atoms with Crippen molar-refractivity contribution >= 4 is 0 Å². The molecule has 0 aromatic heterocycles. The Balaban J connectivity index is 2.88. The highest BCUT2D eigenvalue weighted by molar-refractivity contribution is 5.32. The molecule has 0 radical (unpaired) electrons. The minimum absolute atomic E-state index is 0.202. The van der Waals surface area contributed by atoms with E-state index >= 15 is 0 Å². The van der Waals surface area contributed by atoms with E-state index in [0.717, 1.165) is 5.56 Å². The predicted molar refractivity (Wildman–Crippen MR) is 57.9 cm³/mol. The molecule has 1 atom stereocenters. The molecule has 1 unspecified atom stereocenters. The van der Waals surface area contributed by atoms with E-state index in [1.54, 1.807) is 19.1 Å². The van der Waals surface area contributed by atoms with Crippen molar-refractivity contribution in [2.24, 2.45) is 5.73 Å². The molecule has 1 rings (SSSR count). The van der Waals surface area contributed by atoms with E-state index in [2.05, 4.69) is 11.8 Å². The van der Waals surface area contributed by atoms with Crippen LogP contribution in [0.4, 0.5) is 4.39 Å². The molecule has 15 heavy (non-hydrogen) atoms. The summed E-state index contributed by atoms with van der Waals surface area (Å²) >= 11 is 0. The van der Waals surface area contributed by atoms with E-state index in [4.69, 9.17) is 10.5 Å². The first kappa shape index (κ1) is 11.5. The Kier molecular flexibility index (Phi) is 4.14. The van der Waals surface area contributed by atoms with E-state index < -0.39 is 0 Å². The number of halogens is 1. The normalized spacial score (nSPS) is 11.5. The summed E-state index contributed by atoms with van der Waals surface area (Å²) in [5.41, 5.74) is 6.70. The maximum atomic E-state index is 13.1. The van der Waals surface area contributed by atoms with Gasteiger partial charge in [0, 0.05) is 12.5 Å². The van der Waals surface area contributed by atoms with E-state index in [1.165, 1.54) is 13.2 Å². The van der Waals surface area contributed by atoms with Gasteiger partial charge < -0.3 is 10.5 Å². The Labute approximate surface area is 89.2 Å². The third kappa shape index (κ3) is 2.97. The third-order valence-electron chi connectivity index (χ3n) is 2.10. The summed E-state index contributed by atoms with van der Waals surface area (Å²) in [4.78, 5) is 0. The molecule has 3 heteroatoms. The lowest BCUT2D eigenvalue weighted by Gasteiger charge is -2.10. The zero-order chi connectivity index (χ0) is 11.3. The Morgan fingerprint density at radius 1 is 1.53 bits per heavy atom. The van der Waals surface area contributed by atoms with Crippen molar-refractivity contribution in [2.75, 3.05) is 7.11 Å². The molecule has 0 aliphatic heterocycles. The van der Waals surface area contributed by atoms with Crippen LogP contribution in [0, 0.1) is 17.7 Å². The molecule has 0 aliphatic rings. The van der Waals surface area contributed by atoms with Gasteiger partial charge in [0.2, 0.25) is 0 Å². The first-order valence-corrected chi connectivity index (χ1v) is 4.67. The minimum atomic E-state index is -0.380. The molecular formula is C12H14FNO. The number of nitrogens with two attached hydrogens (primary N) is 1. The van der Waals surface area contributed by atoms with E-state index in [1.807, 2.05) is 0 Å². The van der Waals surface area contributed by atoms with E-state index in [-0.39, 0.29) is 17.6 Å². The van der Waals surface area contributed by atoms with Gasteiger partial charge in [0.15, 0.2) is 11.6 Å². The fraction of sp³-hybridized carbons (Fsp3) is 0.333. The second-order valence-electron chi connectivity index (χ2n) is 3.13. The number of methoxy groups -OCH3 is 1. The van der Waals surface area contributed by atoms with Gasteiger partial charge in [-0.2, -0.15) is 0 Å². The molecule has 2 N–H and O–H groups in total. The number of benzene rings is 1.